The van der Waals surface area contributed by atoms with Gasteiger partial charge in [-0.2, -0.15) is 0 Å². The van der Waals surface area contributed by atoms with Crippen LogP contribution < -0.4 is 0 Å². The summed E-state index contributed by atoms with van der Waals surface area (Å²) < 4.78 is 4.43. The molecule has 0 aromatic carbocycles. The zero-order chi connectivity index (χ0) is 13.6. The molecule has 96 valence electrons. The van der Waals surface area contributed by atoms with Crippen molar-refractivity contribution in [2.45, 2.75) is 25.0 Å². The molecule has 0 saturated carbocycles. The fraction of sp³-hybridized carbons (Fsp3) is 0.500. The van der Waals surface area contributed by atoms with Gasteiger partial charge in [-0.15, -0.1) is 0 Å². The van der Waals surface area contributed by atoms with Crippen molar-refractivity contribution in [2.24, 2.45) is 0 Å². The normalized spacial score (nSPS) is 13.6. The predicted molar refractivity (Wildman–Crippen MR) is 48.4 cm³/mol. The van der Waals surface area contributed by atoms with Gasteiger partial charge in [0.05, 0.1) is 12.8 Å². The van der Waals surface area contributed by atoms with E-state index in [0.29, 0.717) is 0 Å². The van der Waals surface area contributed by atoms with Gasteiger partial charge in [-0.05, 0) is 0 Å². The second-order valence-corrected chi connectivity index (χ2v) is 2.99. The van der Waals surface area contributed by atoms with Crippen molar-refractivity contribution >= 4 is 23.9 Å². The van der Waals surface area contributed by atoms with E-state index in [1.54, 1.807) is 0 Å². The Morgan fingerprint density at radius 2 is 1.06 bits per heavy atom. The lowest BCUT2D eigenvalue weighted by Gasteiger charge is -2.16. The third kappa shape index (κ3) is 6.10. The van der Waals surface area contributed by atoms with Crippen LogP contribution in [-0.4, -0.2) is 56.5 Å². The van der Waals surface area contributed by atoms with Gasteiger partial charge >= 0.3 is 23.9 Å². The van der Waals surface area contributed by atoms with Crippen LogP contribution in [0.4, 0.5) is 0 Å². The fourth-order valence-corrected chi connectivity index (χ4v) is 0.903. The molecular formula is C8H10O9. The molecule has 0 aliphatic rings. The Bertz CT molecular complexity index is 302. The summed E-state index contributed by atoms with van der Waals surface area (Å²) >= 11 is 0. The van der Waals surface area contributed by atoms with E-state index >= 15 is 0 Å². The Morgan fingerprint density at radius 1 is 0.765 bits per heavy atom. The maximum atomic E-state index is 10.6. The Balaban J connectivity index is 4.67. The highest BCUT2D eigenvalue weighted by molar-refractivity contribution is 5.82. The van der Waals surface area contributed by atoms with Crippen LogP contribution in [0.3, 0.4) is 0 Å². The molecule has 0 saturated heterocycles. The fourth-order valence-electron chi connectivity index (χ4n) is 0.903. The Hall–Kier alpha value is -2.16. The molecule has 9 nitrogen and oxygen atoms in total. The molecular weight excluding hydrogens is 240 g/mol. The zero-order valence-corrected chi connectivity index (χ0v) is 8.40. The summed E-state index contributed by atoms with van der Waals surface area (Å²) in [6.45, 7) is 0. The molecule has 0 spiro atoms. The third-order valence-corrected chi connectivity index (χ3v) is 1.60. The summed E-state index contributed by atoms with van der Waals surface area (Å²) in [7, 11) is 0. The quantitative estimate of drug-likeness (QED) is 0.417. The van der Waals surface area contributed by atoms with Crippen LogP contribution in [-0.2, 0) is 23.9 Å². The number of carbonyl (C=O) groups is 4. The number of carboxylic acids is 4. The molecule has 0 aromatic rings. The molecule has 0 unspecified atom stereocenters. The molecule has 0 bridgehead atoms. The molecule has 0 amide bonds. The molecule has 17 heavy (non-hydrogen) atoms. The number of hydrogen-bond acceptors (Lipinski definition) is 5. The molecule has 0 rings (SSSR count). The molecule has 0 heterocycles. The van der Waals surface area contributed by atoms with E-state index in [1.807, 2.05) is 0 Å². The largest absolute Gasteiger partial charge is 0.481 e. The second-order valence-electron chi connectivity index (χ2n) is 2.99. The van der Waals surface area contributed by atoms with Gasteiger partial charge in [0, 0.05) is 0 Å². The standard InChI is InChI=1S/C8H10O9/c9-5(10)1-3(7(13)14)17-4(8(15)16)2-6(11)12/h3-4H,1-2H2,(H,9,10)(H,11,12)(H,13,14)(H,15,16)/t3-,4-/m0/s1. The van der Waals surface area contributed by atoms with Gasteiger partial charge in [-0.25, -0.2) is 9.59 Å². The minimum atomic E-state index is -1.91. The van der Waals surface area contributed by atoms with Crippen LogP contribution in [0.25, 0.3) is 0 Å². The zero-order valence-electron chi connectivity index (χ0n) is 8.40. The highest BCUT2D eigenvalue weighted by atomic mass is 16.5. The molecule has 2 atom stereocenters. The lowest BCUT2D eigenvalue weighted by molar-refractivity contribution is -0.172. The summed E-state index contributed by atoms with van der Waals surface area (Å²) in [4.78, 5) is 41.7. The van der Waals surface area contributed by atoms with E-state index in [2.05, 4.69) is 4.74 Å². The van der Waals surface area contributed by atoms with E-state index in [-0.39, 0.29) is 0 Å². The van der Waals surface area contributed by atoms with Crippen molar-refractivity contribution in [3.8, 4) is 0 Å². The monoisotopic (exact) mass is 250 g/mol. The van der Waals surface area contributed by atoms with E-state index in [1.165, 1.54) is 0 Å². The van der Waals surface area contributed by atoms with Gasteiger partial charge in [0.2, 0.25) is 0 Å². The number of ether oxygens (including phenoxy) is 1. The maximum Gasteiger partial charge on any atom is 0.333 e. The number of carboxylic acid groups (broad SMARTS) is 4. The lowest BCUT2D eigenvalue weighted by Crippen LogP contribution is -2.36. The van der Waals surface area contributed by atoms with Gasteiger partial charge in [0.15, 0.2) is 12.2 Å². The average Bonchev–Trinajstić information content (AvgIpc) is 2.13. The van der Waals surface area contributed by atoms with Crippen LogP contribution in [0.15, 0.2) is 0 Å². The van der Waals surface area contributed by atoms with Crippen molar-refractivity contribution < 1.29 is 44.3 Å². The SMILES string of the molecule is O=C(O)C[C@H](O[C@@H](CC(=O)O)C(=O)O)C(=O)O. The minimum absolute atomic E-state index is 0.960. The Labute approximate surface area is 94.2 Å². The van der Waals surface area contributed by atoms with Gasteiger partial charge in [-0.1, -0.05) is 0 Å². The average molecular weight is 250 g/mol. The highest BCUT2D eigenvalue weighted by Gasteiger charge is 2.30. The Morgan fingerprint density at radius 3 is 1.24 bits per heavy atom. The van der Waals surface area contributed by atoms with Gasteiger partial charge in [0.1, 0.15) is 0 Å². The van der Waals surface area contributed by atoms with Crippen molar-refractivity contribution in [1.29, 1.82) is 0 Å². The second kappa shape index (κ2) is 6.43. The first-order valence-corrected chi connectivity index (χ1v) is 4.28. The van der Waals surface area contributed by atoms with Gasteiger partial charge in [0.25, 0.3) is 0 Å². The van der Waals surface area contributed by atoms with Crippen molar-refractivity contribution in [3.63, 3.8) is 0 Å². The summed E-state index contributed by atoms with van der Waals surface area (Å²) in [6, 6.07) is 0. The van der Waals surface area contributed by atoms with Crippen LogP contribution >= 0.6 is 0 Å². The number of aliphatic carboxylic acids is 4. The van der Waals surface area contributed by atoms with Crippen molar-refractivity contribution in [3.05, 3.63) is 0 Å². The third-order valence-electron chi connectivity index (χ3n) is 1.60. The number of hydrogen-bond donors (Lipinski definition) is 4. The predicted octanol–water partition coefficient (Wildman–Crippen LogP) is -1.14. The topological polar surface area (TPSA) is 158 Å². The summed E-state index contributed by atoms with van der Waals surface area (Å²) in [5, 5.41) is 33.8. The summed E-state index contributed by atoms with van der Waals surface area (Å²) in [6.07, 6.45) is -5.74. The molecule has 0 aromatic heterocycles. The first-order chi connectivity index (χ1) is 7.73. The molecule has 0 fully saturated rings. The summed E-state index contributed by atoms with van der Waals surface area (Å²) in [5.41, 5.74) is 0. The molecule has 0 radical (unpaired) electrons. The van der Waals surface area contributed by atoms with Crippen LogP contribution in [0.2, 0.25) is 0 Å². The lowest BCUT2D eigenvalue weighted by atomic mass is 10.2. The smallest absolute Gasteiger partial charge is 0.333 e. The van der Waals surface area contributed by atoms with E-state index in [4.69, 9.17) is 20.4 Å². The number of rotatable bonds is 8. The van der Waals surface area contributed by atoms with Gasteiger partial charge in [-0.3, -0.25) is 9.59 Å². The van der Waals surface area contributed by atoms with Crippen LogP contribution in [0, 0.1) is 0 Å². The van der Waals surface area contributed by atoms with E-state index in [0.717, 1.165) is 0 Å². The summed E-state index contributed by atoms with van der Waals surface area (Å²) in [5.74, 6) is -6.36. The van der Waals surface area contributed by atoms with Gasteiger partial charge < -0.3 is 25.2 Å². The maximum absolute atomic E-state index is 10.6. The minimum Gasteiger partial charge on any atom is -0.481 e. The first-order valence-electron chi connectivity index (χ1n) is 4.28. The van der Waals surface area contributed by atoms with Crippen molar-refractivity contribution in [1.82, 2.24) is 0 Å². The first kappa shape index (κ1) is 14.8. The van der Waals surface area contributed by atoms with Crippen LogP contribution in [0.1, 0.15) is 12.8 Å². The molecule has 0 aliphatic carbocycles. The molecule has 4 N–H and O–H groups in total. The highest BCUT2D eigenvalue weighted by Crippen LogP contribution is 2.08. The Kier molecular flexibility index (Phi) is 5.61. The van der Waals surface area contributed by atoms with Crippen molar-refractivity contribution in [2.75, 3.05) is 0 Å². The van der Waals surface area contributed by atoms with Crippen LogP contribution in [0.5, 0.6) is 0 Å². The molecule has 0 aliphatic heterocycles. The van der Waals surface area contributed by atoms with E-state index < -0.39 is 48.9 Å². The van der Waals surface area contributed by atoms with E-state index in [9.17, 15) is 19.2 Å². The molecule has 9 heteroatoms.